The summed E-state index contributed by atoms with van der Waals surface area (Å²) >= 11 is 0. The van der Waals surface area contributed by atoms with Crippen molar-refractivity contribution in [2.24, 2.45) is 5.14 Å². The molecule has 0 spiro atoms. The molecule has 6 heteroatoms. The predicted octanol–water partition coefficient (Wildman–Crippen LogP) is 1.77. The van der Waals surface area contributed by atoms with Crippen LogP contribution in [-0.2, 0) is 14.8 Å². The fourth-order valence-electron chi connectivity index (χ4n) is 1.68. The summed E-state index contributed by atoms with van der Waals surface area (Å²) in [5.41, 5.74) is 1.23. The Morgan fingerprint density at radius 1 is 1.40 bits per heavy atom. The van der Waals surface area contributed by atoms with Crippen LogP contribution in [0, 0.1) is 19.3 Å². The number of carbonyl (C=O) groups excluding carboxylic acids is 1. The largest absolute Gasteiger partial charge is 0.326 e. The molecule has 20 heavy (non-hydrogen) atoms. The number of unbranched alkanes of at least 4 members (excludes halogenated alkanes) is 2. The number of nitrogens with two attached hydrogens (primary N) is 1. The molecule has 0 unspecified atom stereocenters. The van der Waals surface area contributed by atoms with E-state index in [1.807, 2.05) is 0 Å². The maximum absolute atomic E-state index is 11.7. The summed E-state index contributed by atoms with van der Waals surface area (Å²) < 4.78 is 22.4. The van der Waals surface area contributed by atoms with E-state index in [-0.39, 0.29) is 10.8 Å². The highest BCUT2D eigenvalue weighted by Crippen LogP contribution is 2.19. The van der Waals surface area contributed by atoms with Gasteiger partial charge in [0.1, 0.15) is 0 Å². The number of rotatable bonds is 6. The quantitative estimate of drug-likeness (QED) is 0.619. The first-order valence-electron chi connectivity index (χ1n) is 6.21. The molecule has 108 valence electrons. The van der Waals surface area contributed by atoms with E-state index in [1.165, 1.54) is 18.2 Å². The second-order valence-electron chi connectivity index (χ2n) is 4.48. The maximum atomic E-state index is 11.7. The zero-order valence-corrected chi connectivity index (χ0v) is 12.2. The van der Waals surface area contributed by atoms with Gasteiger partial charge in [0, 0.05) is 18.5 Å². The Balaban J connectivity index is 2.65. The van der Waals surface area contributed by atoms with Crippen molar-refractivity contribution in [3.05, 3.63) is 23.8 Å². The van der Waals surface area contributed by atoms with Gasteiger partial charge in [0.2, 0.25) is 15.9 Å². The minimum Gasteiger partial charge on any atom is -0.326 e. The first kappa shape index (κ1) is 16.2. The number of primary sulfonamides is 1. The van der Waals surface area contributed by atoms with Crippen molar-refractivity contribution in [2.75, 3.05) is 5.32 Å². The van der Waals surface area contributed by atoms with Gasteiger partial charge in [-0.15, -0.1) is 12.3 Å². The number of aryl methyl sites for hydroxylation is 1. The first-order valence-corrected chi connectivity index (χ1v) is 7.76. The van der Waals surface area contributed by atoms with E-state index in [4.69, 9.17) is 11.6 Å². The second kappa shape index (κ2) is 7.08. The fraction of sp³-hybridized carbons (Fsp3) is 0.357. The van der Waals surface area contributed by atoms with Crippen molar-refractivity contribution in [3.8, 4) is 12.3 Å². The van der Waals surface area contributed by atoms with Gasteiger partial charge in [-0.3, -0.25) is 4.79 Å². The molecule has 0 aliphatic heterocycles. The Hall–Kier alpha value is -1.84. The molecule has 0 atom stereocenters. The third kappa shape index (κ3) is 5.03. The van der Waals surface area contributed by atoms with Crippen molar-refractivity contribution >= 4 is 21.6 Å². The van der Waals surface area contributed by atoms with E-state index in [9.17, 15) is 13.2 Å². The zero-order chi connectivity index (χ0) is 15.2. The smallest absolute Gasteiger partial charge is 0.238 e. The number of sulfonamides is 1. The number of hydrogen-bond donors (Lipinski definition) is 2. The van der Waals surface area contributed by atoms with Crippen molar-refractivity contribution < 1.29 is 13.2 Å². The molecule has 0 radical (unpaired) electrons. The van der Waals surface area contributed by atoms with Gasteiger partial charge in [-0.2, -0.15) is 0 Å². The summed E-state index contributed by atoms with van der Waals surface area (Å²) in [5, 5.41) is 7.78. The van der Waals surface area contributed by atoms with Crippen LogP contribution in [0.2, 0.25) is 0 Å². The van der Waals surface area contributed by atoms with E-state index in [0.717, 1.165) is 12.8 Å². The van der Waals surface area contributed by atoms with Crippen LogP contribution in [0.15, 0.2) is 23.1 Å². The van der Waals surface area contributed by atoms with Gasteiger partial charge in [0.05, 0.1) is 4.90 Å². The molecule has 0 fully saturated rings. The number of nitrogens with one attached hydrogen (secondary N) is 1. The lowest BCUT2D eigenvalue weighted by molar-refractivity contribution is -0.116. The van der Waals surface area contributed by atoms with Crippen LogP contribution in [0.25, 0.3) is 0 Å². The fourth-order valence-corrected chi connectivity index (χ4v) is 2.28. The molecule has 0 saturated heterocycles. The summed E-state index contributed by atoms with van der Waals surface area (Å²) in [7, 11) is -3.72. The lowest BCUT2D eigenvalue weighted by Crippen LogP contribution is -2.14. The van der Waals surface area contributed by atoms with Crippen LogP contribution in [-0.4, -0.2) is 14.3 Å². The number of hydrogen-bond acceptors (Lipinski definition) is 3. The molecular formula is C14H18N2O3S. The number of benzene rings is 1. The van der Waals surface area contributed by atoms with Crippen LogP contribution < -0.4 is 10.5 Å². The van der Waals surface area contributed by atoms with Gasteiger partial charge in [-0.25, -0.2) is 13.6 Å². The zero-order valence-electron chi connectivity index (χ0n) is 11.3. The normalized spacial score (nSPS) is 10.8. The van der Waals surface area contributed by atoms with Gasteiger partial charge in [-0.1, -0.05) is 0 Å². The summed E-state index contributed by atoms with van der Waals surface area (Å²) in [6, 6.07) is 4.34. The SMILES string of the molecule is C#CCCCCC(=O)Nc1ccc(S(N)(=O)=O)cc1C. The molecule has 0 bridgehead atoms. The lowest BCUT2D eigenvalue weighted by atomic mass is 10.1. The number of amides is 1. The summed E-state index contributed by atoms with van der Waals surface area (Å²) in [5.74, 6) is 2.40. The maximum Gasteiger partial charge on any atom is 0.238 e. The molecule has 1 rings (SSSR count). The third-order valence-electron chi connectivity index (χ3n) is 2.78. The molecule has 0 aromatic heterocycles. The van der Waals surface area contributed by atoms with Crippen LogP contribution in [0.1, 0.15) is 31.2 Å². The standard InChI is InChI=1S/C14H18N2O3S/c1-3-4-5-6-7-14(17)16-13-9-8-12(10-11(13)2)20(15,18)19/h1,8-10H,4-7H2,2H3,(H,16,17)(H2,15,18,19). The van der Waals surface area contributed by atoms with Crippen molar-refractivity contribution in [1.82, 2.24) is 0 Å². The molecule has 1 aromatic carbocycles. The van der Waals surface area contributed by atoms with E-state index in [2.05, 4.69) is 11.2 Å². The Morgan fingerprint density at radius 2 is 2.10 bits per heavy atom. The molecule has 0 aliphatic rings. The summed E-state index contributed by atoms with van der Waals surface area (Å²) in [6.45, 7) is 1.71. The Morgan fingerprint density at radius 3 is 2.65 bits per heavy atom. The monoisotopic (exact) mass is 294 g/mol. The van der Waals surface area contributed by atoms with E-state index >= 15 is 0 Å². The molecule has 0 saturated carbocycles. The molecule has 3 N–H and O–H groups in total. The van der Waals surface area contributed by atoms with Crippen LogP contribution >= 0.6 is 0 Å². The average molecular weight is 294 g/mol. The topological polar surface area (TPSA) is 89.3 Å². The number of terminal acetylenes is 1. The van der Waals surface area contributed by atoms with E-state index in [0.29, 0.717) is 24.1 Å². The Kier molecular flexibility index (Phi) is 5.74. The third-order valence-corrected chi connectivity index (χ3v) is 3.69. The highest BCUT2D eigenvalue weighted by Gasteiger charge is 2.10. The summed E-state index contributed by atoms with van der Waals surface area (Å²) in [6.07, 6.45) is 7.72. The molecule has 1 aromatic rings. The van der Waals surface area contributed by atoms with E-state index in [1.54, 1.807) is 6.92 Å². The summed E-state index contributed by atoms with van der Waals surface area (Å²) in [4.78, 5) is 11.7. The second-order valence-corrected chi connectivity index (χ2v) is 6.04. The lowest BCUT2D eigenvalue weighted by Gasteiger charge is -2.09. The predicted molar refractivity (Wildman–Crippen MR) is 78.5 cm³/mol. The Labute approximate surface area is 119 Å². The Bertz CT molecular complexity index is 630. The van der Waals surface area contributed by atoms with Gasteiger partial charge < -0.3 is 5.32 Å². The van der Waals surface area contributed by atoms with Crippen LogP contribution in [0.3, 0.4) is 0 Å². The molecule has 0 heterocycles. The molecule has 5 nitrogen and oxygen atoms in total. The van der Waals surface area contributed by atoms with Gasteiger partial charge in [0.15, 0.2) is 0 Å². The molecular weight excluding hydrogens is 276 g/mol. The van der Waals surface area contributed by atoms with Gasteiger partial charge in [0.25, 0.3) is 0 Å². The highest BCUT2D eigenvalue weighted by molar-refractivity contribution is 7.89. The van der Waals surface area contributed by atoms with Gasteiger partial charge >= 0.3 is 0 Å². The van der Waals surface area contributed by atoms with Crippen LogP contribution in [0.4, 0.5) is 5.69 Å². The van der Waals surface area contributed by atoms with Crippen LogP contribution in [0.5, 0.6) is 0 Å². The molecule has 1 amide bonds. The van der Waals surface area contributed by atoms with Gasteiger partial charge in [-0.05, 0) is 43.5 Å². The molecule has 0 aliphatic carbocycles. The average Bonchev–Trinajstić information content (AvgIpc) is 2.36. The number of carbonyl (C=O) groups is 1. The minimum absolute atomic E-state index is 0.0296. The minimum atomic E-state index is -3.72. The first-order chi connectivity index (χ1) is 9.34. The van der Waals surface area contributed by atoms with E-state index < -0.39 is 10.0 Å². The van der Waals surface area contributed by atoms with Crippen molar-refractivity contribution in [1.29, 1.82) is 0 Å². The van der Waals surface area contributed by atoms with Crippen molar-refractivity contribution in [2.45, 2.75) is 37.5 Å². The van der Waals surface area contributed by atoms with Crippen molar-refractivity contribution in [3.63, 3.8) is 0 Å². The highest BCUT2D eigenvalue weighted by atomic mass is 32.2. The number of anilines is 1.